The molecule has 3 aliphatic carbocycles. The monoisotopic (exact) mass is 592 g/mol. The molecule has 2 aromatic rings. The van der Waals surface area contributed by atoms with Crippen LogP contribution >= 0.6 is 0 Å². The first-order valence-corrected chi connectivity index (χ1v) is 16.1. The fourth-order valence-electron chi connectivity index (χ4n) is 6.60. The van der Waals surface area contributed by atoms with Gasteiger partial charge in [0.2, 0.25) is 10.0 Å². The maximum Gasteiger partial charge on any atom is 0.286 e. The van der Waals surface area contributed by atoms with Gasteiger partial charge in [-0.2, -0.15) is 8.42 Å². The number of aliphatic hydroxyl groups excluding tert-OH is 1. The fraction of sp³-hybridized carbons (Fsp3) is 0.385. The molecule has 0 unspecified atom stereocenters. The molecule has 7 rings (SSSR count). The number of aliphatic hydroxyl groups is 1. The molecule has 40 heavy (non-hydrogen) atoms. The van der Waals surface area contributed by atoms with Gasteiger partial charge in [-0.1, -0.05) is 12.1 Å². The van der Waals surface area contributed by atoms with Gasteiger partial charge in [0.25, 0.3) is 15.9 Å². The molecule has 2 atom stereocenters. The molecule has 3 N–H and O–H groups in total. The third-order valence-electron chi connectivity index (χ3n) is 8.22. The second-order valence-electron chi connectivity index (χ2n) is 10.7. The van der Waals surface area contributed by atoms with E-state index >= 15 is 0 Å². The Hall–Kier alpha value is -3.52. The molecule has 1 amide bonds. The fourth-order valence-corrected chi connectivity index (χ4v) is 8.31. The van der Waals surface area contributed by atoms with Crippen LogP contribution in [-0.2, 0) is 31.4 Å². The van der Waals surface area contributed by atoms with Gasteiger partial charge < -0.3 is 15.3 Å². The standard InChI is InChI=1S/C26H26F2N4O6S2/c1-39(35,36)30-16-9-10-18-19(11-16)40(37,38)31-25(29-18)21-24(33)20-13-5-7-14(8-6-13)23(20)32(26(21)34)12-15-3-2-4-17(27)22(15)28/h2-4,9-11,13-14,20,23,30,33H,5-8,12H2,1H3,(H,29,31)/t13?,14?,20-,23+/m1/s1. The average molecular weight is 593 g/mol. The highest BCUT2D eigenvalue weighted by atomic mass is 32.2. The van der Waals surface area contributed by atoms with Crippen molar-refractivity contribution in [1.29, 1.82) is 0 Å². The van der Waals surface area contributed by atoms with E-state index in [1.165, 1.54) is 29.2 Å². The van der Waals surface area contributed by atoms with Gasteiger partial charge in [-0.15, -0.1) is 4.40 Å². The highest BCUT2D eigenvalue weighted by molar-refractivity contribution is 7.92. The number of nitrogens with one attached hydrogen (secondary N) is 2. The number of halogens is 2. The van der Waals surface area contributed by atoms with Crippen LogP contribution in [0.25, 0.3) is 0 Å². The molecule has 0 aromatic heterocycles. The minimum atomic E-state index is -4.43. The van der Waals surface area contributed by atoms with E-state index in [1.807, 2.05) is 0 Å². The van der Waals surface area contributed by atoms with Gasteiger partial charge in [-0.3, -0.25) is 9.52 Å². The van der Waals surface area contributed by atoms with Gasteiger partial charge in [0, 0.05) is 29.8 Å². The number of nitrogens with zero attached hydrogens (tertiary/aromatic N) is 2. The number of sulfonamides is 2. The number of fused-ring (bicyclic) bond motifs is 3. The van der Waals surface area contributed by atoms with Gasteiger partial charge in [0.1, 0.15) is 16.2 Å². The molecule has 2 heterocycles. The summed E-state index contributed by atoms with van der Waals surface area (Å²) in [5.41, 5.74) is -0.326. The van der Waals surface area contributed by atoms with Gasteiger partial charge in [-0.25, -0.2) is 17.2 Å². The molecule has 2 aromatic carbocycles. The van der Waals surface area contributed by atoms with Crippen LogP contribution in [0.5, 0.6) is 0 Å². The van der Waals surface area contributed by atoms with Gasteiger partial charge >= 0.3 is 0 Å². The molecule has 14 heteroatoms. The van der Waals surface area contributed by atoms with Crippen LogP contribution in [0.2, 0.25) is 0 Å². The number of benzene rings is 2. The smallest absolute Gasteiger partial charge is 0.286 e. The van der Waals surface area contributed by atoms with Crippen molar-refractivity contribution in [2.75, 3.05) is 16.3 Å². The average Bonchev–Trinajstić information content (AvgIpc) is 2.88. The highest BCUT2D eigenvalue weighted by Crippen LogP contribution is 2.52. The highest BCUT2D eigenvalue weighted by Gasteiger charge is 2.54. The number of rotatable bonds is 5. The molecule has 3 saturated carbocycles. The molecule has 0 saturated heterocycles. The van der Waals surface area contributed by atoms with Crippen LogP contribution < -0.4 is 10.0 Å². The number of hydrogen-bond acceptors (Lipinski definition) is 7. The molecule has 3 fully saturated rings. The molecule has 10 nitrogen and oxygen atoms in total. The summed E-state index contributed by atoms with van der Waals surface area (Å²) in [5.74, 6) is -3.95. The molecule has 5 aliphatic rings. The molecule has 2 bridgehead atoms. The Bertz CT molecular complexity index is 1720. The normalized spacial score (nSPS) is 27.0. The van der Waals surface area contributed by atoms with E-state index in [4.69, 9.17) is 0 Å². The molecule has 212 valence electrons. The van der Waals surface area contributed by atoms with Gasteiger partial charge in [-0.05, 0) is 61.8 Å². The quantitative estimate of drug-likeness (QED) is 0.482. The summed E-state index contributed by atoms with van der Waals surface area (Å²) in [7, 11) is -8.11. The lowest BCUT2D eigenvalue weighted by Crippen LogP contribution is -2.60. The number of anilines is 2. The van der Waals surface area contributed by atoms with E-state index in [9.17, 15) is 35.5 Å². The number of carbonyl (C=O) groups excluding carboxylic acids is 1. The number of hydrogen-bond donors (Lipinski definition) is 3. The van der Waals surface area contributed by atoms with Gasteiger partial charge in [0.15, 0.2) is 17.5 Å². The lowest BCUT2D eigenvalue weighted by Gasteiger charge is -2.54. The summed E-state index contributed by atoms with van der Waals surface area (Å²) in [6.07, 6.45) is 4.21. The zero-order chi connectivity index (χ0) is 28.6. The van der Waals surface area contributed by atoms with E-state index < -0.39 is 49.5 Å². The summed E-state index contributed by atoms with van der Waals surface area (Å²) in [6.45, 7) is -0.263. The maximum absolute atomic E-state index is 14.7. The van der Waals surface area contributed by atoms with E-state index in [2.05, 4.69) is 14.4 Å². The molecule has 0 radical (unpaired) electrons. The van der Waals surface area contributed by atoms with E-state index in [-0.39, 0.29) is 57.4 Å². The lowest BCUT2D eigenvalue weighted by atomic mass is 9.59. The summed E-state index contributed by atoms with van der Waals surface area (Å²) in [6, 6.07) is 7.04. The summed E-state index contributed by atoms with van der Waals surface area (Å²) >= 11 is 0. The second-order valence-corrected chi connectivity index (χ2v) is 14.0. The molecular formula is C26H26F2N4O6S2. The van der Waals surface area contributed by atoms with Crippen LogP contribution in [0.4, 0.5) is 20.2 Å². The SMILES string of the molecule is CS(=O)(=O)Nc1ccc2c(c1)S(=O)(=O)N=C(C1=C(O)[C@@H]3C4CCC(CC4)[C@@H]3N(Cc3cccc(F)c3F)C1=O)N2. The summed E-state index contributed by atoms with van der Waals surface area (Å²) in [5, 5.41) is 14.3. The zero-order valence-corrected chi connectivity index (χ0v) is 22.9. The maximum atomic E-state index is 14.7. The third kappa shape index (κ3) is 4.42. The lowest BCUT2D eigenvalue weighted by molar-refractivity contribution is -0.140. The zero-order valence-electron chi connectivity index (χ0n) is 21.3. The Morgan fingerprint density at radius 3 is 2.52 bits per heavy atom. The summed E-state index contributed by atoms with van der Waals surface area (Å²) in [4.78, 5) is 15.1. The van der Waals surface area contributed by atoms with Crippen molar-refractivity contribution in [1.82, 2.24) is 4.90 Å². The minimum Gasteiger partial charge on any atom is -0.511 e. The van der Waals surface area contributed by atoms with Crippen molar-refractivity contribution in [2.45, 2.75) is 43.2 Å². The topological polar surface area (TPSA) is 145 Å². The van der Waals surface area contributed by atoms with Crippen LogP contribution in [-0.4, -0.2) is 50.9 Å². The molecule has 0 spiro atoms. The van der Waals surface area contributed by atoms with Crippen molar-refractivity contribution in [2.24, 2.45) is 22.2 Å². The number of amidine groups is 1. The predicted octanol–water partition coefficient (Wildman–Crippen LogP) is 3.51. The van der Waals surface area contributed by atoms with Crippen molar-refractivity contribution >= 4 is 43.2 Å². The number of amides is 1. The van der Waals surface area contributed by atoms with Crippen molar-refractivity contribution < 1.29 is 35.5 Å². The predicted molar refractivity (Wildman–Crippen MR) is 142 cm³/mol. The Kier molecular flexibility index (Phi) is 6.18. The second kappa shape index (κ2) is 9.26. The Labute approximate surface area is 229 Å². The Morgan fingerprint density at radius 1 is 1.12 bits per heavy atom. The van der Waals surface area contributed by atoms with E-state index in [1.54, 1.807) is 0 Å². The van der Waals surface area contributed by atoms with Gasteiger partial charge in [0.05, 0.1) is 11.9 Å². The molecule has 2 aliphatic heterocycles. The van der Waals surface area contributed by atoms with Crippen molar-refractivity contribution in [3.05, 3.63) is 64.9 Å². The van der Waals surface area contributed by atoms with Crippen molar-refractivity contribution in [3.8, 4) is 0 Å². The largest absolute Gasteiger partial charge is 0.511 e. The number of carbonyl (C=O) groups is 1. The van der Waals surface area contributed by atoms with Crippen LogP contribution in [0.15, 0.2) is 57.0 Å². The van der Waals surface area contributed by atoms with Crippen LogP contribution in [0.3, 0.4) is 0 Å². The van der Waals surface area contributed by atoms with E-state index in [0.29, 0.717) is 0 Å². The van der Waals surface area contributed by atoms with Crippen LogP contribution in [0, 0.1) is 29.4 Å². The first-order chi connectivity index (χ1) is 18.8. The Balaban J connectivity index is 1.44. The third-order valence-corrected chi connectivity index (χ3v) is 10.1. The van der Waals surface area contributed by atoms with E-state index in [0.717, 1.165) is 44.1 Å². The Morgan fingerprint density at radius 2 is 1.82 bits per heavy atom. The van der Waals surface area contributed by atoms with Crippen molar-refractivity contribution in [3.63, 3.8) is 0 Å². The molecular weight excluding hydrogens is 566 g/mol. The first-order valence-electron chi connectivity index (χ1n) is 12.8. The van der Waals surface area contributed by atoms with Crippen LogP contribution in [0.1, 0.15) is 31.2 Å². The summed E-state index contributed by atoms with van der Waals surface area (Å²) < 4.78 is 84.3. The minimum absolute atomic E-state index is 0.00504. The first kappa shape index (κ1) is 26.7.